The highest BCUT2D eigenvalue weighted by Gasteiger charge is 2.41. The molecule has 1 aliphatic rings. The normalized spacial score (nSPS) is 15.7. The molecule has 6 heteroatoms. The number of non-ortho nitro benzene ring substituents is 1. The maximum Gasteiger partial charge on any atom is 0.337 e. The van der Waals surface area contributed by atoms with Crippen LogP contribution in [0.4, 0.5) is 11.4 Å². The number of nitro groups is 1. The fraction of sp³-hybridized carbons (Fsp3) is 0.500. The van der Waals surface area contributed by atoms with Crippen molar-refractivity contribution in [2.75, 3.05) is 11.9 Å². The number of nitrogens with one attached hydrogen (secondary N) is 1. The van der Waals surface area contributed by atoms with Gasteiger partial charge in [-0.15, -0.1) is 0 Å². The number of nitro benzene ring substituents is 1. The molecule has 0 heterocycles. The van der Waals surface area contributed by atoms with E-state index in [1.807, 2.05) is 0 Å². The summed E-state index contributed by atoms with van der Waals surface area (Å²) < 4.78 is 0. The number of hydrogen-bond donors (Lipinski definition) is 2. The first kappa shape index (κ1) is 14.3. The van der Waals surface area contributed by atoms with Crippen molar-refractivity contribution in [3.63, 3.8) is 0 Å². The van der Waals surface area contributed by atoms with Gasteiger partial charge in [-0.1, -0.05) is 13.3 Å². The van der Waals surface area contributed by atoms with Crippen LogP contribution in [0.2, 0.25) is 0 Å². The van der Waals surface area contributed by atoms with Crippen LogP contribution in [0.5, 0.6) is 0 Å². The van der Waals surface area contributed by atoms with Crippen LogP contribution in [-0.2, 0) is 0 Å². The van der Waals surface area contributed by atoms with Crippen molar-refractivity contribution in [2.45, 2.75) is 32.6 Å². The number of rotatable bonds is 7. The molecule has 6 nitrogen and oxygen atoms in total. The number of aromatic carboxylic acids is 1. The molecule has 1 aromatic rings. The first-order valence-corrected chi connectivity index (χ1v) is 6.73. The molecule has 108 valence electrons. The van der Waals surface area contributed by atoms with Gasteiger partial charge in [0.05, 0.1) is 16.2 Å². The van der Waals surface area contributed by atoms with Gasteiger partial charge in [-0.05, 0) is 30.7 Å². The molecular weight excluding hydrogens is 260 g/mol. The maximum absolute atomic E-state index is 11.2. The van der Waals surface area contributed by atoms with Crippen molar-refractivity contribution >= 4 is 17.3 Å². The largest absolute Gasteiger partial charge is 0.478 e. The first-order chi connectivity index (χ1) is 9.47. The summed E-state index contributed by atoms with van der Waals surface area (Å²) in [7, 11) is 0. The van der Waals surface area contributed by atoms with E-state index >= 15 is 0 Å². The summed E-state index contributed by atoms with van der Waals surface area (Å²) in [4.78, 5) is 21.4. The second kappa shape index (κ2) is 5.48. The summed E-state index contributed by atoms with van der Waals surface area (Å²) in [5.74, 6) is -1.08. The summed E-state index contributed by atoms with van der Waals surface area (Å²) in [6.07, 6.45) is 4.44. The molecule has 0 atom stereocenters. The maximum atomic E-state index is 11.2. The summed E-state index contributed by atoms with van der Waals surface area (Å²) in [5, 5.41) is 23.0. The molecule has 2 rings (SSSR count). The van der Waals surface area contributed by atoms with Crippen LogP contribution >= 0.6 is 0 Å². The highest BCUT2D eigenvalue weighted by atomic mass is 16.6. The molecule has 2 N–H and O–H groups in total. The topological polar surface area (TPSA) is 92.5 Å². The molecule has 0 bridgehead atoms. The number of nitrogens with zero attached hydrogens (tertiary/aromatic N) is 1. The van der Waals surface area contributed by atoms with E-state index in [0.717, 1.165) is 25.7 Å². The molecule has 1 saturated carbocycles. The van der Waals surface area contributed by atoms with Gasteiger partial charge in [0, 0.05) is 18.7 Å². The Hall–Kier alpha value is -2.11. The standard InChI is InChI=1S/C14H18N2O4/c1-2-5-14(6-7-14)9-15-12-8-10(16(19)20)3-4-11(12)13(17)18/h3-4,8,15H,2,5-7,9H2,1H3,(H,17,18). The Labute approximate surface area is 117 Å². The lowest BCUT2D eigenvalue weighted by atomic mass is 10.0. The Kier molecular flexibility index (Phi) is 3.92. The SMILES string of the molecule is CCCC1(CNc2cc([N+](=O)[O-])ccc2C(=O)O)CC1. The minimum atomic E-state index is -1.08. The second-order valence-electron chi connectivity index (χ2n) is 5.40. The molecule has 20 heavy (non-hydrogen) atoms. The Balaban J connectivity index is 2.17. The molecule has 1 fully saturated rings. The second-order valence-corrected chi connectivity index (χ2v) is 5.40. The van der Waals surface area contributed by atoms with Crippen LogP contribution in [0.15, 0.2) is 18.2 Å². The van der Waals surface area contributed by atoms with E-state index in [1.165, 1.54) is 18.2 Å². The van der Waals surface area contributed by atoms with Gasteiger partial charge in [0.1, 0.15) is 0 Å². The average molecular weight is 278 g/mol. The van der Waals surface area contributed by atoms with E-state index in [-0.39, 0.29) is 16.7 Å². The number of carbonyl (C=O) groups is 1. The Morgan fingerprint density at radius 3 is 2.70 bits per heavy atom. The predicted molar refractivity (Wildman–Crippen MR) is 75.1 cm³/mol. The van der Waals surface area contributed by atoms with Crippen LogP contribution in [0.25, 0.3) is 0 Å². The lowest BCUT2D eigenvalue weighted by Gasteiger charge is -2.17. The van der Waals surface area contributed by atoms with Crippen molar-refractivity contribution in [2.24, 2.45) is 5.41 Å². The zero-order valence-corrected chi connectivity index (χ0v) is 11.4. The van der Waals surface area contributed by atoms with E-state index in [4.69, 9.17) is 5.11 Å². The van der Waals surface area contributed by atoms with Crippen LogP contribution in [-0.4, -0.2) is 22.5 Å². The number of carboxylic acids is 1. The van der Waals surface area contributed by atoms with Gasteiger partial charge < -0.3 is 10.4 Å². The minimum absolute atomic E-state index is 0.0721. The van der Waals surface area contributed by atoms with Gasteiger partial charge in [-0.25, -0.2) is 4.79 Å². The Morgan fingerprint density at radius 2 is 2.20 bits per heavy atom. The molecule has 0 amide bonds. The summed E-state index contributed by atoms with van der Waals surface area (Å²) in [6.45, 7) is 2.79. The van der Waals surface area contributed by atoms with Gasteiger partial charge in [0.2, 0.25) is 0 Å². The van der Waals surface area contributed by atoms with Gasteiger partial charge >= 0.3 is 5.97 Å². The van der Waals surface area contributed by atoms with Crippen molar-refractivity contribution in [3.05, 3.63) is 33.9 Å². The van der Waals surface area contributed by atoms with E-state index in [2.05, 4.69) is 12.2 Å². The van der Waals surface area contributed by atoms with E-state index < -0.39 is 10.9 Å². The minimum Gasteiger partial charge on any atom is -0.478 e. The fourth-order valence-corrected chi connectivity index (χ4v) is 2.48. The number of benzene rings is 1. The molecule has 0 spiro atoms. The van der Waals surface area contributed by atoms with Crippen molar-refractivity contribution < 1.29 is 14.8 Å². The monoisotopic (exact) mass is 278 g/mol. The summed E-state index contributed by atoms with van der Waals surface area (Å²) in [5.41, 5.74) is 0.546. The average Bonchev–Trinajstić information content (AvgIpc) is 3.16. The molecule has 0 saturated heterocycles. The van der Waals surface area contributed by atoms with E-state index in [1.54, 1.807) is 0 Å². The smallest absolute Gasteiger partial charge is 0.337 e. The molecule has 1 aliphatic carbocycles. The third-order valence-electron chi connectivity index (χ3n) is 3.84. The third kappa shape index (κ3) is 3.07. The summed E-state index contributed by atoms with van der Waals surface area (Å²) in [6, 6.07) is 3.79. The molecule has 1 aromatic carbocycles. The Bertz CT molecular complexity index is 538. The van der Waals surface area contributed by atoms with Crippen LogP contribution < -0.4 is 5.32 Å². The zero-order chi connectivity index (χ0) is 14.8. The predicted octanol–water partition coefficient (Wildman–Crippen LogP) is 3.29. The molecular formula is C14H18N2O4. The van der Waals surface area contributed by atoms with Crippen LogP contribution in [0, 0.1) is 15.5 Å². The lowest BCUT2D eigenvalue weighted by molar-refractivity contribution is -0.384. The highest BCUT2D eigenvalue weighted by Crippen LogP contribution is 2.49. The van der Waals surface area contributed by atoms with Gasteiger partial charge in [-0.2, -0.15) is 0 Å². The van der Waals surface area contributed by atoms with Crippen molar-refractivity contribution in [3.8, 4) is 0 Å². The first-order valence-electron chi connectivity index (χ1n) is 6.73. The number of anilines is 1. The summed E-state index contributed by atoms with van der Waals surface area (Å²) >= 11 is 0. The fourth-order valence-electron chi connectivity index (χ4n) is 2.48. The quantitative estimate of drug-likeness (QED) is 0.589. The van der Waals surface area contributed by atoms with Crippen molar-refractivity contribution in [1.29, 1.82) is 0 Å². The third-order valence-corrected chi connectivity index (χ3v) is 3.84. The molecule has 0 aliphatic heterocycles. The van der Waals surface area contributed by atoms with Gasteiger partial charge in [-0.3, -0.25) is 10.1 Å². The van der Waals surface area contributed by atoms with Crippen molar-refractivity contribution in [1.82, 2.24) is 0 Å². The number of hydrogen-bond acceptors (Lipinski definition) is 4. The van der Waals surface area contributed by atoms with E-state index in [9.17, 15) is 14.9 Å². The van der Waals surface area contributed by atoms with Crippen LogP contribution in [0.1, 0.15) is 43.0 Å². The molecule has 0 unspecified atom stereocenters. The van der Waals surface area contributed by atoms with Gasteiger partial charge in [0.25, 0.3) is 5.69 Å². The Morgan fingerprint density at radius 1 is 1.50 bits per heavy atom. The highest BCUT2D eigenvalue weighted by molar-refractivity contribution is 5.94. The molecule has 0 aromatic heterocycles. The number of carboxylic acid groups (broad SMARTS) is 1. The van der Waals surface area contributed by atoms with Crippen LogP contribution in [0.3, 0.4) is 0 Å². The lowest BCUT2D eigenvalue weighted by Crippen LogP contribution is -2.17. The zero-order valence-electron chi connectivity index (χ0n) is 11.4. The van der Waals surface area contributed by atoms with E-state index in [0.29, 0.717) is 12.2 Å². The molecule has 0 radical (unpaired) electrons. The van der Waals surface area contributed by atoms with Gasteiger partial charge in [0.15, 0.2) is 0 Å².